The van der Waals surface area contributed by atoms with Gasteiger partial charge in [0.25, 0.3) is 11.8 Å². The van der Waals surface area contributed by atoms with Crippen LogP contribution in [0.1, 0.15) is 55.3 Å². The van der Waals surface area contributed by atoms with E-state index >= 15 is 0 Å². The van der Waals surface area contributed by atoms with E-state index in [1.807, 2.05) is 34.6 Å². The molecule has 1 fully saturated rings. The van der Waals surface area contributed by atoms with Crippen LogP contribution < -0.4 is 0 Å². The molecule has 0 bridgehead atoms. The number of rotatable bonds is 3. The zero-order valence-electron chi connectivity index (χ0n) is 17.2. The fourth-order valence-electron chi connectivity index (χ4n) is 4.82. The molecular weight excluding hydrogens is 358 g/mol. The molecule has 7 heteroatoms. The average Bonchev–Trinajstić information content (AvgIpc) is 2.84. The molecule has 0 spiro atoms. The molecule has 1 aromatic carbocycles. The van der Waals surface area contributed by atoms with Gasteiger partial charge in [-0.3, -0.25) is 19.4 Å². The minimum absolute atomic E-state index is 0.000109. The predicted octanol–water partition coefficient (Wildman–Crippen LogP) is 2.77. The lowest BCUT2D eigenvalue weighted by molar-refractivity contribution is -0.0419. The smallest absolute Gasteiger partial charge is 0.407 e. The first-order chi connectivity index (χ1) is 13.0. The van der Waals surface area contributed by atoms with Crippen LogP contribution in [0.15, 0.2) is 24.3 Å². The monoisotopic (exact) mass is 387 g/mol. The van der Waals surface area contributed by atoms with Crippen molar-refractivity contribution >= 4 is 17.9 Å². The Morgan fingerprint density at radius 2 is 1.61 bits per heavy atom. The highest BCUT2D eigenvalue weighted by atomic mass is 16.4. The molecule has 2 aliphatic heterocycles. The van der Waals surface area contributed by atoms with Crippen molar-refractivity contribution in [2.24, 2.45) is 5.41 Å². The molecule has 0 radical (unpaired) electrons. The van der Waals surface area contributed by atoms with Crippen molar-refractivity contribution in [3.8, 4) is 0 Å². The maximum atomic E-state index is 12.6. The largest absolute Gasteiger partial charge is 0.465 e. The Labute approximate surface area is 165 Å². The van der Waals surface area contributed by atoms with Crippen molar-refractivity contribution in [1.29, 1.82) is 0 Å². The van der Waals surface area contributed by atoms with E-state index < -0.39 is 6.09 Å². The van der Waals surface area contributed by atoms with Gasteiger partial charge in [-0.1, -0.05) is 32.9 Å². The quantitative estimate of drug-likeness (QED) is 0.807. The van der Waals surface area contributed by atoms with E-state index in [0.29, 0.717) is 30.8 Å². The third kappa shape index (κ3) is 3.39. The number of imide groups is 1. The van der Waals surface area contributed by atoms with Crippen LogP contribution >= 0.6 is 0 Å². The molecule has 3 rings (SSSR count). The van der Waals surface area contributed by atoms with Gasteiger partial charge in [0.2, 0.25) is 0 Å². The average molecular weight is 387 g/mol. The van der Waals surface area contributed by atoms with Crippen molar-refractivity contribution in [3.63, 3.8) is 0 Å². The summed E-state index contributed by atoms with van der Waals surface area (Å²) in [5.74, 6) is -0.505. The molecule has 3 unspecified atom stereocenters. The molecule has 1 saturated heterocycles. The normalized spacial score (nSPS) is 26.0. The second kappa shape index (κ2) is 7.20. The van der Waals surface area contributed by atoms with Gasteiger partial charge in [0, 0.05) is 31.7 Å². The van der Waals surface area contributed by atoms with Gasteiger partial charge in [0.05, 0.1) is 17.2 Å². The standard InChI is InChI=1S/C21H29N3O4/c1-13-12-24(20(27)28)17(21(3,4)5)14(2)22(13)10-11-23-18(25)15-8-6-7-9-16(15)19(23)26/h6-9,13-14,17H,10-12H2,1-5H3,(H,27,28). The summed E-state index contributed by atoms with van der Waals surface area (Å²) in [4.78, 5) is 42.1. The van der Waals surface area contributed by atoms with Crippen LogP contribution in [0.2, 0.25) is 0 Å². The first-order valence-electron chi connectivity index (χ1n) is 9.74. The third-order valence-corrected chi connectivity index (χ3v) is 5.94. The Bertz CT molecular complexity index is 766. The molecule has 28 heavy (non-hydrogen) atoms. The van der Waals surface area contributed by atoms with Gasteiger partial charge >= 0.3 is 6.09 Å². The number of carbonyl (C=O) groups is 3. The van der Waals surface area contributed by atoms with Crippen molar-refractivity contribution in [1.82, 2.24) is 14.7 Å². The summed E-state index contributed by atoms with van der Waals surface area (Å²) in [6, 6.07) is 6.68. The van der Waals surface area contributed by atoms with Crippen LogP contribution in [0, 0.1) is 5.41 Å². The van der Waals surface area contributed by atoms with Gasteiger partial charge in [-0.15, -0.1) is 0 Å². The van der Waals surface area contributed by atoms with Crippen molar-refractivity contribution in [3.05, 3.63) is 35.4 Å². The molecule has 2 aliphatic rings. The number of benzene rings is 1. The minimum atomic E-state index is -0.904. The first kappa shape index (κ1) is 20.3. The maximum absolute atomic E-state index is 12.6. The highest BCUT2D eigenvalue weighted by molar-refractivity contribution is 6.21. The lowest BCUT2D eigenvalue weighted by Gasteiger charge is -2.53. The van der Waals surface area contributed by atoms with Crippen LogP contribution in [-0.2, 0) is 0 Å². The topological polar surface area (TPSA) is 81.2 Å². The summed E-state index contributed by atoms with van der Waals surface area (Å²) in [5, 5.41) is 9.68. The lowest BCUT2D eigenvalue weighted by atomic mass is 9.79. The summed E-state index contributed by atoms with van der Waals surface area (Å²) >= 11 is 0. The minimum Gasteiger partial charge on any atom is -0.465 e. The molecule has 7 nitrogen and oxygen atoms in total. The molecule has 3 atom stereocenters. The molecule has 0 saturated carbocycles. The van der Waals surface area contributed by atoms with E-state index in [9.17, 15) is 19.5 Å². The maximum Gasteiger partial charge on any atom is 0.407 e. The summed E-state index contributed by atoms with van der Waals surface area (Å²) in [5.41, 5.74) is 0.680. The van der Waals surface area contributed by atoms with Gasteiger partial charge in [-0.25, -0.2) is 4.79 Å². The number of nitrogens with zero attached hydrogens (tertiary/aromatic N) is 3. The molecule has 0 aliphatic carbocycles. The Morgan fingerprint density at radius 3 is 2.07 bits per heavy atom. The van der Waals surface area contributed by atoms with Gasteiger partial charge in [0.1, 0.15) is 0 Å². The Kier molecular flexibility index (Phi) is 5.23. The van der Waals surface area contributed by atoms with Crippen LogP contribution in [0.3, 0.4) is 0 Å². The van der Waals surface area contributed by atoms with Crippen LogP contribution in [0.5, 0.6) is 0 Å². The zero-order chi connectivity index (χ0) is 20.8. The second-order valence-electron chi connectivity index (χ2n) is 8.88. The number of hydrogen-bond acceptors (Lipinski definition) is 4. The Morgan fingerprint density at radius 1 is 1.07 bits per heavy atom. The van der Waals surface area contributed by atoms with E-state index in [1.165, 1.54) is 9.80 Å². The van der Waals surface area contributed by atoms with Gasteiger partial charge < -0.3 is 10.0 Å². The predicted molar refractivity (Wildman–Crippen MR) is 105 cm³/mol. The number of carbonyl (C=O) groups excluding carboxylic acids is 2. The van der Waals surface area contributed by atoms with Gasteiger partial charge in [-0.2, -0.15) is 0 Å². The fourth-order valence-corrected chi connectivity index (χ4v) is 4.82. The van der Waals surface area contributed by atoms with Crippen molar-refractivity contribution in [2.45, 2.75) is 52.7 Å². The second-order valence-corrected chi connectivity index (χ2v) is 8.88. The molecule has 1 aromatic rings. The zero-order valence-corrected chi connectivity index (χ0v) is 17.2. The molecule has 1 N–H and O–H groups in total. The number of amides is 3. The molecular formula is C21H29N3O4. The SMILES string of the molecule is CC1CN(C(=O)O)C(C(C)(C)C)C(C)N1CCN1C(=O)c2ccccc2C1=O. The number of hydrogen-bond donors (Lipinski definition) is 1. The first-order valence-corrected chi connectivity index (χ1v) is 9.74. The van der Waals surface area contributed by atoms with E-state index in [1.54, 1.807) is 24.3 Å². The van der Waals surface area contributed by atoms with E-state index in [4.69, 9.17) is 0 Å². The summed E-state index contributed by atoms with van der Waals surface area (Å²) in [7, 11) is 0. The van der Waals surface area contributed by atoms with Crippen molar-refractivity contribution in [2.75, 3.05) is 19.6 Å². The summed E-state index contributed by atoms with van der Waals surface area (Å²) in [6.07, 6.45) is -0.904. The third-order valence-electron chi connectivity index (χ3n) is 5.94. The Hall–Kier alpha value is -2.41. The number of piperazine rings is 1. The van der Waals surface area contributed by atoms with E-state index in [0.717, 1.165) is 0 Å². The molecule has 0 aromatic heterocycles. The van der Waals surface area contributed by atoms with Gasteiger partial charge in [-0.05, 0) is 31.4 Å². The molecule has 152 valence electrons. The van der Waals surface area contributed by atoms with Crippen LogP contribution in [0.4, 0.5) is 4.79 Å². The van der Waals surface area contributed by atoms with Crippen LogP contribution in [-0.4, -0.2) is 75.5 Å². The number of carboxylic acid groups (broad SMARTS) is 1. The summed E-state index contributed by atoms with van der Waals surface area (Å²) < 4.78 is 0. The lowest BCUT2D eigenvalue weighted by Crippen LogP contribution is -2.67. The van der Waals surface area contributed by atoms with Gasteiger partial charge in [0.15, 0.2) is 0 Å². The number of fused-ring (bicyclic) bond motifs is 1. The van der Waals surface area contributed by atoms with Crippen molar-refractivity contribution < 1.29 is 19.5 Å². The highest BCUT2D eigenvalue weighted by Crippen LogP contribution is 2.34. The Balaban J connectivity index is 1.77. The van der Waals surface area contributed by atoms with E-state index in [2.05, 4.69) is 4.90 Å². The fraction of sp³-hybridized carbons (Fsp3) is 0.571. The van der Waals surface area contributed by atoms with Crippen LogP contribution in [0.25, 0.3) is 0 Å². The highest BCUT2D eigenvalue weighted by Gasteiger charge is 2.46. The molecule has 3 amide bonds. The summed E-state index contributed by atoms with van der Waals surface area (Å²) in [6.45, 7) is 11.4. The van der Waals surface area contributed by atoms with E-state index in [-0.39, 0.29) is 35.4 Å². The molecule has 2 heterocycles.